The van der Waals surface area contributed by atoms with Gasteiger partial charge in [-0.25, -0.2) is 4.98 Å². The molecule has 0 radical (unpaired) electrons. The number of benzene rings is 2. The van der Waals surface area contributed by atoms with E-state index in [9.17, 15) is 9.83 Å². The number of rotatable bonds is 6. The van der Waals surface area contributed by atoms with Gasteiger partial charge in [0.05, 0.1) is 23.9 Å². The van der Waals surface area contributed by atoms with Crippen LogP contribution in [0.25, 0.3) is 0 Å². The van der Waals surface area contributed by atoms with Crippen molar-refractivity contribution in [2.75, 3.05) is 37.1 Å². The molecule has 0 spiro atoms. The summed E-state index contributed by atoms with van der Waals surface area (Å²) in [4.78, 5) is 11.5. The molecule has 1 aromatic heterocycles. The van der Waals surface area contributed by atoms with E-state index in [0.717, 1.165) is 67.4 Å². The van der Waals surface area contributed by atoms with E-state index < -0.39 is 7.14 Å². The van der Waals surface area contributed by atoms with E-state index in [1.165, 1.54) is 11.1 Å². The van der Waals surface area contributed by atoms with Gasteiger partial charge in [-0.05, 0) is 94.3 Å². The summed E-state index contributed by atoms with van der Waals surface area (Å²) in [6.45, 7) is 7.45. The maximum absolute atomic E-state index is 12.9. The quantitative estimate of drug-likeness (QED) is 0.277. The zero-order chi connectivity index (χ0) is 26.9. The molecule has 38 heavy (non-hydrogen) atoms. The lowest BCUT2D eigenvalue weighted by molar-refractivity contribution is 0.218. The first-order valence-corrected chi connectivity index (χ1v) is 16.2. The number of nitrogens with one attached hydrogen (secondary N) is 2. The van der Waals surface area contributed by atoms with Crippen molar-refractivity contribution in [2.45, 2.75) is 45.1 Å². The van der Waals surface area contributed by atoms with E-state index in [1.54, 1.807) is 19.5 Å². The molecule has 2 N–H and O–H groups in total. The molecule has 2 aromatic carbocycles. The van der Waals surface area contributed by atoms with Gasteiger partial charge in [0.1, 0.15) is 12.2 Å². The standard InChI is InChI=1S/C29H34ClN6OP/c1-19-4-11-26(27(14-19)38(2,3)37)34-28-25(30)17-32-29(35-28)33-23-8-5-21-6-9-24(10-7-22(21)15-23)36-13-12-20(16-31)18-36/h4-5,8,11,14-15,17,20,24H,6-7,9-10,12-13,18H2,1-3H3,(H2,32,33,34,35)/t20-,24-/m1/s1. The van der Waals surface area contributed by atoms with Crippen LogP contribution >= 0.6 is 18.7 Å². The molecule has 2 aliphatic rings. The van der Waals surface area contributed by atoms with Gasteiger partial charge < -0.3 is 15.2 Å². The molecule has 1 aliphatic heterocycles. The van der Waals surface area contributed by atoms with Crippen molar-refractivity contribution in [1.29, 1.82) is 5.26 Å². The van der Waals surface area contributed by atoms with Crippen molar-refractivity contribution in [3.63, 3.8) is 0 Å². The molecule has 5 rings (SSSR count). The van der Waals surface area contributed by atoms with Crippen LogP contribution in [-0.2, 0) is 17.4 Å². The molecule has 0 amide bonds. The first-order chi connectivity index (χ1) is 18.2. The van der Waals surface area contributed by atoms with Gasteiger partial charge in [-0.15, -0.1) is 0 Å². The third-order valence-corrected chi connectivity index (χ3v) is 9.41. The summed E-state index contributed by atoms with van der Waals surface area (Å²) >= 11 is 6.44. The van der Waals surface area contributed by atoms with E-state index in [4.69, 9.17) is 11.6 Å². The molecule has 198 valence electrons. The van der Waals surface area contributed by atoms with Gasteiger partial charge in [0, 0.05) is 23.6 Å². The Morgan fingerprint density at radius 3 is 2.61 bits per heavy atom. The average molecular weight is 549 g/mol. The van der Waals surface area contributed by atoms with Crippen molar-refractivity contribution in [3.8, 4) is 6.07 Å². The third-order valence-electron chi connectivity index (χ3n) is 7.61. The van der Waals surface area contributed by atoms with Gasteiger partial charge in [-0.1, -0.05) is 29.3 Å². The van der Waals surface area contributed by atoms with Crippen LogP contribution in [0.2, 0.25) is 5.02 Å². The maximum atomic E-state index is 12.9. The highest BCUT2D eigenvalue weighted by Crippen LogP contribution is 2.39. The number of nitrogens with zero attached hydrogens (tertiary/aromatic N) is 4. The second-order valence-corrected chi connectivity index (χ2v) is 14.4. The average Bonchev–Trinajstić information content (AvgIpc) is 3.27. The Hall–Kier alpha value is -2.91. The first kappa shape index (κ1) is 26.7. The molecule has 0 bridgehead atoms. The molecule has 1 fully saturated rings. The smallest absolute Gasteiger partial charge is 0.229 e. The van der Waals surface area contributed by atoms with Crippen LogP contribution in [0.4, 0.5) is 23.1 Å². The van der Waals surface area contributed by atoms with E-state index in [1.807, 2.05) is 25.1 Å². The van der Waals surface area contributed by atoms with Crippen LogP contribution in [0.5, 0.6) is 0 Å². The minimum absolute atomic E-state index is 0.182. The van der Waals surface area contributed by atoms with Crippen LogP contribution in [0, 0.1) is 24.2 Å². The summed E-state index contributed by atoms with van der Waals surface area (Å²) in [6, 6.07) is 15.3. The molecular weight excluding hydrogens is 515 g/mol. The Morgan fingerprint density at radius 1 is 1.08 bits per heavy atom. The molecule has 1 saturated heterocycles. The zero-order valence-corrected chi connectivity index (χ0v) is 23.8. The normalized spacial score (nSPS) is 19.9. The van der Waals surface area contributed by atoms with E-state index in [0.29, 0.717) is 22.8 Å². The predicted octanol–water partition coefficient (Wildman–Crippen LogP) is 6.27. The lowest BCUT2D eigenvalue weighted by Crippen LogP contribution is -2.33. The second-order valence-electron chi connectivity index (χ2n) is 10.8. The summed E-state index contributed by atoms with van der Waals surface area (Å²) < 4.78 is 12.9. The Balaban J connectivity index is 1.31. The summed E-state index contributed by atoms with van der Waals surface area (Å²) in [5, 5.41) is 17.0. The van der Waals surface area contributed by atoms with Crippen LogP contribution in [0.3, 0.4) is 0 Å². The van der Waals surface area contributed by atoms with Crippen molar-refractivity contribution < 1.29 is 4.57 Å². The number of likely N-dealkylation sites (tertiary alicyclic amines) is 1. The van der Waals surface area contributed by atoms with Crippen molar-refractivity contribution >= 4 is 47.2 Å². The lowest BCUT2D eigenvalue weighted by atomic mass is 10.0. The first-order valence-electron chi connectivity index (χ1n) is 13.2. The molecule has 3 aromatic rings. The predicted molar refractivity (Wildman–Crippen MR) is 156 cm³/mol. The highest BCUT2D eigenvalue weighted by atomic mass is 35.5. The minimum atomic E-state index is -2.51. The SMILES string of the molecule is Cc1ccc(Nc2nc(Nc3ccc4c(c3)CC[C@H](N3CC[C@H](C#N)C3)CC4)ncc2Cl)c(P(C)(C)=O)c1. The fourth-order valence-corrected chi connectivity index (χ4v) is 6.89. The van der Waals surface area contributed by atoms with E-state index in [2.05, 4.69) is 49.8 Å². The number of anilines is 4. The van der Waals surface area contributed by atoms with E-state index >= 15 is 0 Å². The molecule has 9 heteroatoms. The summed E-state index contributed by atoms with van der Waals surface area (Å²) in [5.41, 5.74) is 5.46. The van der Waals surface area contributed by atoms with Gasteiger partial charge in [0.25, 0.3) is 0 Å². The summed E-state index contributed by atoms with van der Waals surface area (Å²) in [5.74, 6) is 1.08. The minimum Gasteiger partial charge on any atom is -0.338 e. The second kappa shape index (κ2) is 11.1. The van der Waals surface area contributed by atoms with Gasteiger partial charge in [-0.2, -0.15) is 10.2 Å². The van der Waals surface area contributed by atoms with Crippen LogP contribution < -0.4 is 15.9 Å². The van der Waals surface area contributed by atoms with Crippen LogP contribution in [-0.4, -0.2) is 47.3 Å². The number of fused-ring (bicyclic) bond motifs is 1. The largest absolute Gasteiger partial charge is 0.338 e. The highest BCUT2D eigenvalue weighted by Gasteiger charge is 2.29. The number of hydrogen-bond donors (Lipinski definition) is 2. The topological polar surface area (TPSA) is 93.9 Å². The lowest BCUT2D eigenvalue weighted by Gasteiger charge is -2.26. The van der Waals surface area contributed by atoms with Gasteiger partial charge >= 0.3 is 0 Å². The molecule has 1 aliphatic carbocycles. The molecule has 7 nitrogen and oxygen atoms in total. The van der Waals surface area contributed by atoms with Crippen molar-refractivity contribution in [1.82, 2.24) is 14.9 Å². The Kier molecular flexibility index (Phi) is 7.77. The number of aromatic nitrogens is 2. The van der Waals surface area contributed by atoms with Crippen molar-refractivity contribution in [2.24, 2.45) is 5.92 Å². The van der Waals surface area contributed by atoms with E-state index in [-0.39, 0.29) is 5.92 Å². The number of aryl methyl sites for hydroxylation is 3. The van der Waals surface area contributed by atoms with Gasteiger partial charge in [0.2, 0.25) is 5.95 Å². The Morgan fingerprint density at radius 2 is 1.87 bits per heavy atom. The number of halogens is 1. The monoisotopic (exact) mass is 548 g/mol. The number of hydrogen-bond acceptors (Lipinski definition) is 7. The Labute approximate surface area is 230 Å². The number of nitriles is 1. The fraction of sp³-hybridized carbons (Fsp3) is 0.414. The van der Waals surface area contributed by atoms with Crippen LogP contribution in [0.15, 0.2) is 42.6 Å². The van der Waals surface area contributed by atoms with Gasteiger partial charge in [-0.3, -0.25) is 4.90 Å². The summed E-state index contributed by atoms with van der Waals surface area (Å²) in [7, 11) is -2.51. The third kappa shape index (κ3) is 6.04. The summed E-state index contributed by atoms with van der Waals surface area (Å²) in [6.07, 6.45) is 6.88. The fourth-order valence-electron chi connectivity index (χ4n) is 5.52. The maximum Gasteiger partial charge on any atom is 0.229 e. The Bertz CT molecular complexity index is 1430. The highest BCUT2D eigenvalue weighted by molar-refractivity contribution is 7.70. The van der Waals surface area contributed by atoms with Gasteiger partial charge in [0.15, 0.2) is 5.82 Å². The molecule has 0 unspecified atom stereocenters. The zero-order valence-electron chi connectivity index (χ0n) is 22.2. The molecule has 2 atom stereocenters. The van der Waals surface area contributed by atoms with Crippen molar-refractivity contribution in [3.05, 3.63) is 64.3 Å². The molecule has 2 heterocycles. The molecule has 0 saturated carbocycles. The van der Waals surface area contributed by atoms with Crippen LogP contribution in [0.1, 0.15) is 36.0 Å². The molecular formula is C29H34ClN6OP.